The number of hydrogen-bond donors (Lipinski definition) is 5. The van der Waals surface area contributed by atoms with E-state index in [1.165, 1.54) is 17.7 Å². The van der Waals surface area contributed by atoms with Crippen LogP contribution in [0.25, 0.3) is 0 Å². The third-order valence-electron chi connectivity index (χ3n) is 6.96. The predicted molar refractivity (Wildman–Crippen MR) is 171 cm³/mol. The Morgan fingerprint density at radius 3 is 2.04 bits per heavy atom. The summed E-state index contributed by atoms with van der Waals surface area (Å²) in [7, 11) is 0.622. The largest absolute Gasteiger partial charge is 0.462 e. The number of nitrogens with zero attached hydrogens (tertiary/aromatic N) is 3. The number of ether oxygens (including phenoxy) is 3. The van der Waals surface area contributed by atoms with Crippen LogP contribution in [0.3, 0.4) is 0 Å². The van der Waals surface area contributed by atoms with E-state index in [9.17, 15) is 38.4 Å². The number of nitrogens with one attached hydrogen (secondary N) is 5. The topological polar surface area (TPSA) is 279 Å². The van der Waals surface area contributed by atoms with Crippen LogP contribution in [-0.4, -0.2) is 136 Å². The first-order valence-electron chi connectivity index (χ1n) is 15.2. The minimum absolute atomic E-state index is 0.00694. The third kappa shape index (κ3) is 13.6. The number of rotatable bonds is 17. The quantitative estimate of drug-likeness (QED) is 0.0451. The number of carbonyl (C=O) groups is 6. The molecule has 4 atom stereocenters. The van der Waals surface area contributed by atoms with Gasteiger partial charge in [0.2, 0.25) is 0 Å². The molecule has 1 fully saturated rings. The molecule has 276 valence electrons. The molecular weight excluding hydrogens is 687 g/mol. The number of aromatic nitrogens is 2. The number of aromatic amines is 1. The second-order valence-corrected chi connectivity index (χ2v) is 11.8. The molecule has 2 rings (SSSR count). The summed E-state index contributed by atoms with van der Waals surface area (Å²) in [6.07, 6.45) is -0.774. The van der Waals surface area contributed by atoms with Crippen LogP contribution in [0.4, 0.5) is 0 Å². The second kappa shape index (κ2) is 21.4. The summed E-state index contributed by atoms with van der Waals surface area (Å²) in [6.45, 7) is 3.50. The van der Waals surface area contributed by atoms with Crippen molar-refractivity contribution in [1.82, 2.24) is 35.7 Å². The Balaban J connectivity index is 1.98. The number of aryl methyl sites for hydroxylation is 1. The molecule has 4 amide bonds. The first-order valence-corrected chi connectivity index (χ1v) is 16.8. The summed E-state index contributed by atoms with van der Waals surface area (Å²) in [4.78, 5) is 99.5. The summed E-state index contributed by atoms with van der Waals surface area (Å²) in [5, 5.41) is 18.4. The fourth-order valence-corrected chi connectivity index (χ4v) is 5.42. The van der Waals surface area contributed by atoms with E-state index in [1.807, 2.05) is 6.07 Å². The highest BCUT2D eigenvalue weighted by Gasteiger charge is 2.39. The summed E-state index contributed by atoms with van der Waals surface area (Å²) >= 11 is 0. The molecule has 0 aliphatic carbocycles. The van der Waals surface area contributed by atoms with Crippen LogP contribution in [0.5, 0.6) is 0 Å². The zero-order valence-electron chi connectivity index (χ0n) is 28.0. The van der Waals surface area contributed by atoms with Crippen LogP contribution >= 0.6 is 8.38 Å². The number of hydrogen-bond acceptors (Lipinski definition) is 15. The molecule has 1 aromatic heterocycles. The van der Waals surface area contributed by atoms with Crippen molar-refractivity contribution in [2.45, 2.75) is 38.2 Å². The van der Waals surface area contributed by atoms with Crippen molar-refractivity contribution >= 4 is 43.9 Å². The molecule has 1 aliphatic heterocycles. The maximum Gasteiger partial charge on any atom is 0.396 e. The molecule has 0 saturated carbocycles. The van der Waals surface area contributed by atoms with Crippen molar-refractivity contribution in [3.05, 3.63) is 32.6 Å². The van der Waals surface area contributed by atoms with Crippen LogP contribution in [-0.2, 0) is 52.0 Å². The van der Waals surface area contributed by atoms with E-state index >= 15 is 0 Å². The monoisotopic (exact) mass is 728 g/mol. The van der Waals surface area contributed by atoms with Gasteiger partial charge in [-0.1, -0.05) is 0 Å². The average molecular weight is 729 g/mol. The molecule has 22 heteroatoms. The smallest absolute Gasteiger partial charge is 0.396 e. The zero-order valence-corrected chi connectivity index (χ0v) is 28.9. The zero-order chi connectivity index (χ0) is 37.2. The molecule has 0 radical (unpaired) electrons. The second-order valence-electron chi connectivity index (χ2n) is 10.5. The van der Waals surface area contributed by atoms with Crippen LogP contribution < -0.4 is 32.5 Å². The highest BCUT2D eigenvalue weighted by molar-refractivity contribution is 7.46. The summed E-state index contributed by atoms with van der Waals surface area (Å²) in [6, 6.07) is 1.96. The first-order chi connectivity index (χ1) is 23.8. The molecule has 50 heavy (non-hydrogen) atoms. The third-order valence-corrected chi connectivity index (χ3v) is 8.07. The molecule has 1 unspecified atom stereocenters. The molecule has 2 heterocycles. The summed E-state index contributed by atoms with van der Waals surface area (Å²) < 4.78 is 27.4. The van der Waals surface area contributed by atoms with E-state index in [0.717, 1.165) is 14.2 Å². The Bertz CT molecular complexity index is 1490. The van der Waals surface area contributed by atoms with Gasteiger partial charge in [-0.2, -0.15) is 5.26 Å². The first kappa shape index (κ1) is 41.4. The Morgan fingerprint density at radius 2 is 1.50 bits per heavy atom. The van der Waals surface area contributed by atoms with Crippen molar-refractivity contribution < 1.29 is 52.0 Å². The van der Waals surface area contributed by atoms with E-state index in [2.05, 4.69) is 35.7 Å². The van der Waals surface area contributed by atoms with E-state index < -0.39 is 73.6 Å². The fraction of sp³-hybridized carbons (Fsp3) is 0.607. The van der Waals surface area contributed by atoms with E-state index in [-0.39, 0.29) is 70.8 Å². The number of esters is 2. The fourth-order valence-electron chi connectivity index (χ4n) is 4.41. The lowest BCUT2D eigenvalue weighted by Gasteiger charge is -2.23. The average Bonchev–Trinajstić information content (AvgIpc) is 3.49. The van der Waals surface area contributed by atoms with Crippen molar-refractivity contribution in [2.24, 2.45) is 0 Å². The molecule has 5 N–H and O–H groups in total. The van der Waals surface area contributed by atoms with Crippen LogP contribution in [0.1, 0.15) is 24.6 Å². The minimum atomic E-state index is -1.48. The Morgan fingerprint density at radius 1 is 0.960 bits per heavy atom. The standard InChI is InChI=1S/C28H41N8O13P/c1-17-16-36(28(44)34-21(17)37)20-14-18(49-50(4)47-13-5-6-29)19(48-20)15-33-23(39)22(38)30-7-10-35(11-8-31-24(40)26(42)45-2)12-9-32-25(41)27(43)46-3/h16,18-20H,5,7-15H2,1-4H3,(H,30,38)(H,31,40)(H,32,41)(H,33,39)(H,34,37,44)/t18-,19-,20-,50?/m1/s1. The highest BCUT2D eigenvalue weighted by Crippen LogP contribution is 2.41. The Labute approximate surface area is 287 Å². The van der Waals surface area contributed by atoms with Gasteiger partial charge in [0, 0.05) is 70.7 Å². The van der Waals surface area contributed by atoms with Gasteiger partial charge < -0.3 is 44.5 Å². The van der Waals surface area contributed by atoms with Gasteiger partial charge in [0.1, 0.15) is 12.3 Å². The molecule has 1 aromatic rings. The Hall–Kier alpha value is -4.74. The lowest BCUT2D eigenvalue weighted by atomic mass is 10.2. The summed E-state index contributed by atoms with van der Waals surface area (Å²) in [5.74, 6) is -6.10. The van der Waals surface area contributed by atoms with Gasteiger partial charge in [-0.25, -0.2) is 14.4 Å². The van der Waals surface area contributed by atoms with Gasteiger partial charge in [-0.05, 0) is 6.92 Å². The van der Waals surface area contributed by atoms with Gasteiger partial charge in [0.15, 0.2) is 8.38 Å². The van der Waals surface area contributed by atoms with Crippen LogP contribution in [0, 0.1) is 18.3 Å². The van der Waals surface area contributed by atoms with E-state index in [1.54, 1.807) is 11.6 Å². The predicted octanol–water partition coefficient (Wildman–Crippen LogP) is -3.50. The van der Waals surface area contributed by atoms with Crippen molar-refractivity contribution in [2.75, 3.05) is 73.3 Å². The van der Waals surface area contributed by atoms with Gasteiger partial charge in [-0.15, -0.1) is 0 Å². The molecule has 1 aliphatic rings. The summed E-state index contributed by atoms with van der Waals surface area (Å²) in [5.41, 5.74) is -0.982. The van der Waals surface area contributed by atoms with Gasteiger partial charge >= 0.3 is 41.3 Å². The van der Waals surface area contributed by atoms with Gasteiger partial charge in [-0.3, -0.25) is 38.4 Å². The Kier molecular flexibility index (Phi) is 17.7. The molecular formula is C28H41N8O13P. The maximum absolute atomic E-state index is 12.7. The maximum atomic E-state index is 12.7. The molecule has 21 nitrogen and oxygen atoms in total. The lowest BCUT2D eigenvalue weighted by Crippen LogP contribution is -2.47. The number of methoxy groups -OCH3 is 2. The molecule has 0 aromatic carbocycles. The normalized spacial score (nSPS) is 17.2. The van der Waals surface area contributed by atoms with E-state index in [4.69, 9.17) is 19.0 Å². The molecule has 1 saturated heterocycles. The van der Waals surface area contributed by atoms with Crippen molar-refractivity contribution in [3.63, 3.8) is 0 Å². The van der Waals surface area contributed by atoms with Crippen molar-refractivity contribution in [3.8, 4) is 6.07 Å². The van der Waals surface area contributed by atoms with Crippen molar-refractivity contribution in [1.29, 1.82) is 5.26 Å². The van der Waals surface area contributed by atoms with Crippen LogP contribution in [0.2, 0.25) is 0 Å². The SMILES string of the molecule is COC(=O)C(=O)NCCN(CCNC(=O)C(=O)NC[C@H]1O[C@@H](n2cc(C)c(=O)[nH]c2=O)C[C@H]1OP(C)OCCC#N)CCNC(=O)C(=O)OC. The minimum Gasteiger partial charge on any atom is -0.462 e. The molecule has 0 bridgehead atoms. The number of nitriles is 1. The number of H-pyrrole nitrogens is 1. The van der Waals surface area contributed by atoms with Gasteiger partial charge in [0.05, 0.1) is 39.4 Å². The lowest BCUT2D eigenvalue weighted by molar-refractivity contribution is -0.152. The molecule has 0 spiro atoms. The highest BCUT2D eigenvalue weighted by atomic mass is 31.2. The van der Waals surface area contributed by atoms with E-state index in [0.29, 0.717) is 0 Å². The van der Waals surface area contributed by atoms with Crippen LogP contribution in [0.15, 0.2) is 15.8 Å². The number of amides is 4. The van der Waals surface area contributed by atoms with Gasteiger partial charge in [0.25, 0.3) is 5.56 Å². The number of carbonyl (C=O) groups excluding carboxylic acids is 6.